The molecule has 0 saturated heterocycles. The molecule has 0 aliphatic heterocycles. The molecule has 0 fully saturated rings. The number of carbonyl (C=O) groups is 1. The van der Waals surface area contributed by atoms with Gasteiger partial charge in [-0.15, -0.1) is 0 Å². The molecule has 2 N–H and O–H groups in total. The third kappa shape index (κ3) is 4.70. The van der Waals surface area contributed by atoms with E-state index in [1.807, 2.05) is 32.0 Å². The predicted molar refractivity (Wildman–Crippen MR) is 105 cm³/mol. The average Bonchev–Trinajstić information content (AvgIpc) is 3.12. The third-order valence-electron chi connectivity index (χ3n) is 4.18. The van der Waals surface area contributed by atoms with Crippen LogP contribution in [0.1, 0.15) is 16.9 Å². The molecular formula is C21H20ClNO4. The van der Waals surface area contributed by atoms with E-state index in [9.17, 15) is 4.79 Å². The van der Waals surface area contributed by atoms with Crippen LogP contribution in [0.25, 0.3) is 11.3 Å². The highest BCUT2D eigenvalue weighted by molar-refractivity contribution is 6.33. The molecule has 0 aliphatic carbocycles. The number of aryl methyl sites for hydroxylation is 2. The van der Waals surface area contributed by atoms with Gasteiger partial charge in [0.25, 0.3) is 5.91 Å². The first-order valence-electron chi connectivity index (χ1n) is 8.45. The van der Waals surface area contributed by atoms with Gasteiger partial charge in [-0.3, -0.25) is 4.79 Å². The normalized spacial score (nSPS) is 10.7. The van der Waals surface area contributed by atoms with Crippen molar-refractivity contribution in [2.24, 2.45) is 0 Å². The quantitative estimate of drug-likeness (QED) is 0.643. The van der Waals surface area contributed by atoms with Gasteiger partial charge in [0.15, 0.2) is 6.61 Å². The van der Waals surface area contributed by atoms with Crippen LogP contribution >= 0.6 is 11.6 Å². The van der Waals surface area contributed by atoms with Gasteiger partial charge in [0.2, 0.25) is 0 Å². The number of amides is 1. The van der Waals surface area contributed by atoms with Gasteiger partial charge in [-0.25, -0.2) is 0 Å². The Labute approximate surface area is 162 Å². The van der Waals surface area contributed by atoms with Crippen LogP contribution in [-0.4, -0.2) is 17.6 Å². The Balaban J connectivity index is 1.62. The number of halogens is 1. The standard InChI is InChI=1S/C21H20ClNO4/c1-13-3-5-16(9-14(13)2)26-12-21(25)23-15-4-7-18(19(22)10-15)20-8-6-17(11-24)27-20/h3-10,24H,11-12H2,1-2H3,(H,23,25). The molecule has 0 radical (unpaired) electrons. The largest absolute Gasteiger partial charge is 0.484 e. The molecule has 0 atom stereocenters. The average molecular weight is 386 g/mol. The monoisotopic (exact) mass is 385 g/mol. The summed E-state index contributed by atoms with van der Waals surface area (Å²) in [6, 6.07) is 14.2. The first kappa shape index (κ1) is 19.0. The number of anilines is 1. The van der Waals surface area contributed by atoms with Gasteiger partial charge in [-0.1, -0.05) is 17.7 Å². The predicted octanol–water partition coefficient (Wildman–Crippen LogP) is 4.73. The lowest BCUT2D eigenvalue weighted by molar-refractivity contribution is -0.118. The molecule has 0 unspecified atom stereocenters. The van der Waals surface area contributed by atoms with Crippen molar-refractivity contribution in [2.75, 3.05) is 11.9 Å². The molecule has 1 aromatic heterocycles. The lowest BCUT2D eigenvalue weighted by Crippen LogP contribution is -2.20. The molecule has 0 saturated carbocycles. The first-order chi connectivity index (χ1) is 13.0. The van der Waals surface area contributed by atoms with Crippen molar-refractivity contribution in [3.63, 3.8) is 0 Å². The van der Waals surface area contributed by atoms with Gasteiger partial charge < -0.3 is 19.6 Å². The van der Waals surface area contributed by atoms with E-state index in [2.05, 4.69) is 5.32 Å². The molecule has 1 heterocycles. The summed E-state index contributed by atoms with van der Waals surface area (Å²) in [4.78, 5) is 12.1. The summed E-state index contributed by atoms with van der Waals surface area (Å²) in [5.41, 5.74) is 3.52. The number of aliphatic hydroxyl groups excluding tert-OH is 1. The topological polar surface area (TPSA) is 71.7 Å². The van der Waals surface area contributed by atoms with E-state index in [-0.39, 0.29) is 19.1 Å². The minimum Gasteiger partial charge on any atom is -0.484 e. The zero-order valence-electron chi connectivity index (χ0n) is 15.1. The van der Waals surface area contributed by atoms with Crippen molar-refractivity contribution in [1.82, 2.24) is 0 Å². The molecule has 3 aromatic rings. The summed E-state index contributed by atoms with van der Waals surface area (Å²) in [7, 11) is 0. The number of furan rings is 1. The highest BCUT2D eigenvalue weighted by Gasteiger charge is 2.11. The number of aliphatic hydroxyl groups is 1. The zero-order chi connectivity index (χ0) is 19.4. The molecule has 5 nitrogen and oxygen atoms in total. The van der Waals surface area contributed by atoms with Crippen molar-refractivity contribution >= 4 is 23.2 Å². The Morgan fingerprint density at radius 3 is 2.59 bits per heavy atom. The first-order valence-corrected chi connectivity index (χ1v) is 8.83. The highest BCUT2D eigenvalue weighted by atomic mass is 35.5. The van der Waals surface area contributed by atoms with E-state index in [1.54, 1.807) is 30.3 Å². The fraction of sp³-hybridized carbons (Fsp3) is 0.190. The van der Waals surface area contributed by atoms with Gasteiger partial charge in [0.1, 0.15) is 23.9 Å². The highest BCUT2D eigenvalue weighted by Crippen LogP contribution is 2.31. The second-order valence-electron chi connectivity index (χ2n) is 6.20. The SMILES string of the molecule is Cc1ccc(OCC(=O)Nc2ccc(-c3ccc(CO)o3)c(Cl)c2)cc1C. The molecular weight excluding hydrogens is 366 g/mol. The molecule has 27 heavy (non-hydrogen) atoms. The fourth-order valence-electron chi connectivity index (χ4n) is 2.55. The van der Waals surface area contributed by atoms with Gasteiger partial charge in [-0.05, 0) is 67.4 Å². The number of hydrogen-bond donors (Lipinski definition) is 2. The van der Waals surface area contributed by atoms with Crippen LogP contribution in [0.5, 0.6) is 5.75 Å². The van der Waals surface area contributed by atoms with Crippen LogP contribution in [0.15, 0.2) is 52.9 Å². The Morgan fingerprint density at radius 2 is 1.93 bits per heavy atom. The Bertz CT molecular complexity index is 965. The van der Waals surface area contributed by atoms with Crippen LogP contribution in [0.4, 0.5) is 5.69 Å². The van der Waals surface area contributed by atoms with E-state index in [0.29, 0.717) is 33.5 Å². The van der Waals surface area contributed by atoms with E-state index in [1.165, 1.54) is 5.56 Å². The maximum atomic E-state index is 12.1. The molecule has 0 aliphatic rings. The van der Waals surface area contributed by atoms with E-state index >= 15 is 0 Å². The maximum absolute atomic E-state index is 12.1. The number of carbonyl (C=O) groups excluding carboxylic acids is 1. The molecule has 3 rings (SSSR count). The Kier molecular flexibility index (Phi) is 5.84. The second kappa shape index (κ2) is 8.29. The number of ether oxygens (including phenoxy) is 1. The van der Waals surface area contributed by atoms with Crippen molar-refractivity contribution < 1.29 is 19.1 Å². The van der Waals surface area contributed by atoms with Crippen molar-refractivity contribution in [2.45, 2.75) is 20.5 Å². The van der Waals surface area contributed by atoms with Crippen LogP contribution < -0.4 is 10.1 Å². The lowest BCUT2D eigenvalue weighted by Gasteiger charge is -2.10. The summed E-state index contributed by atoms with van der Waals surface area (Å²) in [5, 5.41) is 12.3. The van der Waals surface area contributed by atoms with Crippen LogP contribution in [0.3, 0.4) is 0 Å². The summed E-state index contributed by atoms with van der Waals surface area (Å²) < 4.78 is 11.0. The van der Waals surface area contributed by atoms with Crippen LogP contribution in [0.2, 0.25) is 5.02 Å². The Morgan fingerprint density at radius 1 is 1.11 bits per heavy atom. The van der Waals surface area contributed by atoms with E-state index in [4.69, 9.17) is 25.9 Å². The summed E-state index contributed by atoms with van der Waals surface area (Å²) >= 11 is 6.30. The number of benzene rings is 2. The molecule has 0 spiro atoms. The zero-order valence-corrected chi connectivity index (χ0v) is 15.8. The molecule has 140 valence electrons. The van der Waals surface area contributed by atoms with Gasteiger partial charge in [0.05, 0.1) is 5.02 Å². The number of hydrogen-bond acceptors (Lipinski definition) is 4. The van der Waals surface area contributed by atoms with E-state index < -0.39 is 0 Å². The lowest BCUT2D eigenvalue weighted by atomic mass is 10.1. The molecule has 1 amide bonds. The van der Waals surface area contributed by atoms with Crippen molar-refractivity contribution in [1.29, 1.82) is 0 Å². The smallest absolute Gasteiger partial charge is 0.262 e. The maximum Gasteiger partial charge on any atom is 0.262 e. The van der Waals surface area contributed by atoms with Gasteiger partial charge >= 0.3 is 0 Å². The van der Waals surface area contributed by atoms with E-state index in [0.717, 1.165) is 5.56 Å². The Hall–Kier alpha value is -2.76. The van der Waals surface area contributed by atoms with Crippen molar-refractivity contribution in [3.05, 3.63) is 70.4 Å². The molecule has 0 bridgehead atoms. The second-order valence-corrected chi connectivity index (χ2v) is 6.61. The van der Waals surface area contributed by atoms with Crippen LogP contribution in [-0.2, 0) is 11.4 Å². The molecule has 2 aromatic carbocycles. The minimum absolute atomic E-state index is 0.0973. The van der Waals surface area contributed by atoms with Gasteiger partial charge in [0, 0.05) is 11.3 Å². The third-order valence-corrected chi connectivity index (χ3v) is 4.50. The van der Waals surface area contributed by atoms with Gasteiger partial charge in [-0.2, -0.15) is 0 Å². The minimum atomic E-state index is -0.280. The fourth-order valence-corrected chi connectivity index (χ4v) is 2.82. The summed E-state index contributed by atoms with van der Waals surface area (Å²) in [6.07, 6.45) is 0. The number of rotatable bonds is 6. The number of nitrogens with one attached hydrogen (secondary N) is 1. The summed E-state index contributed by atoms with van der Waals surface area (Å²) in [5.74, 6) is 1.39. The van der Waals surface area contributed by atoms with Crippen molar-refractivity contribution in [3.8, 4) is 17.1 Å². The molecule has 6 heteroatoms. The van der Waals surface area contributed by atoms with Crippen LogP contribution in [0, 0.1) is 13.8 Å². The summed E-state index contributed by atoms with van der Waals surface area (Å²) in [6.45, 7) is 3.74.